The van der Waals surface area contributed by atoms with Gasteiger partial charge in [0.15, 0.2) is 11.5 Å². The second-order valence-corrected chi connectivity index (χ2v) is 7.18. The predicted octanol–water partition coefficient (Wildman–Crippen LogP) is 1.10. The number of likely N-dealkylation sites (N-methyl/N-ethyl adjacent to an activating group) is 1. The normalized spacial score (nSPS) is 35.4. The Morgan fingerprint density at radius 3 is 2.58 bits per heavy atom. The number of fused-ring (bicyclic) bond motifs is 2. The summed E-state index contributed by atoms with van der Waals surface area (Å²) in [5.41, 5.74) is 0.106. The Kier molecular flexibility index (Phi) is 3.46. The molecule has 0 aromatic carbocycles. The van der Waals surface area contributed by atoms with Crippen molar-refractivity contribution in [1.82, 2.24) is 14.9 Å². The molecule has 0 aliphatic carbocycles. The van der Waals surface area contributed by atoms with E-state index in [1.54, 1.807) is 17.3 Å². The van der Waals surface area contributed by atoms with Gasteiger partial charge >= 0.3 is 0 Å². The molecule has 2 bridgehead atoms. The average molecular weight is 327 g/mol. The van der Waals surface area contributed by atoms with Crippen molar-refractivity contribution in [3.05, 3.63) is 18.1 Å². The van der Waals surface area contributed by atoms with Crippen LogP contribution in [0.3, 0.4) is 0 Å². The molecule has 3 saturated heterocycles. The largest absolute Gasteiger partial charge is 0.360 e. The molecule has 126 valence electrons. The minimum Gasteiger partial charge on any atom is -0.360 e. The van der Waals surface area contributed by atoms with Crippen LogP contribution in [0.5, 0.6) is 0 Å². The van der Waals surface area contributed by atoms with Gasteiger partial charge in [-0.25, -0.2) is 9.97 Å². The van der Waals surface area contributed by atoms with Gasteiger partial charge in [-0.3, -0.25) is 4.79 Å². The number of amides is 1. The number of hydrogen-bond acceptors (Lipinski definition) is 6. The van der Waals surface area contributed by atoms with Gasteiger partial charge < -0.3 is 14.5 Å². The quantitative estimate of drug-likeness (QED) is 0.768. The van der Waals surface area contributed by atoms with E-state index in [9.17, 15) is 10.1 Å². The number of ether oxygens (including phenoxy) is 1. The van der Waals surface area contributed by atoms with Crippen LogP contribution in [0, 0.1) is 11.3 Å². The molecule has 7 nitrogen and oxygen atoms in total. The van der Waals surface area contributed by atoms with Gasteiger partial charge in [0.1, 0.15) is 12.2 Å². The van der Waals surface area contributed by atoms with Crippen molar-refractivity contribution in [2.45, 2.75) is 56.4 Å². The van der Waals surface area contributed by atoms with Gasteiger partial charge in [0.2, 0.25) is 0 Å². The molecule has 3 atom stereocenters. The Labute approximate surface area is 141 Å². The van der Waals surface area contributed by atoms with Gasteiger partial charge in [0.25, 0.3) is 5.91 Å². The van der Waals surface area contributed by atoms with Gasteiger partial charge in [-0.2, -0.15) is 5.26 Å². The van der Waals surface area contributed by atoms with Crippen LogP contribution in [0.25, 0.3) is 0 Å². The lowest BCUT2D eigenvalue weighted by atomic mass is 9.83. The van der Waals surface area contributed by atoms with E-state index in [1.165, 1.54) is 0 Å². The van der Waals surface area contributed by atoms with Crippen LogP contribution in [0.4, 0.5) is 5.82 Å². The monoisotopic (exact) mass is 327 g/mol. The first-order chi connectivity index (χ1) is 11.5. The lowest BCUT2D eigenvalue weighted by Gasteiger charge is -2.51. The SMILES string of the molecule is CC1OC2(CC3CCC(C2)N3c2nccnc2C#N)CN(C)C1=O. The van der Waals surface area contributed by atoms with Crippen molar-refractivity contribution < 1.29 is 9.53 Å². The summed E-state index contributed by atoms with van der Waals surface area (Å²) in [5, 5.41) is 9.33. The van der Waals surface area contributed by atoms with Crippen LogP contribution in [0.1, 0.15) is 38.3 Å². The van der Waals surface area contributed by atoms with Crippen LogP contribution in [0.15, 0.2) is 12.4 Å². The average Bonchev–Trinajstić information content (AvgIpc) is 2.84. The van der Waals surface area contributed by atoms with Crippen LogP contribution >= 0.6 is 0 Å². The molecular formula is C17H21N5O2. The maximum Gasteiger partial charge on any atom is 0.251 e. The first-order valence-electron chi connectivity index (χ1n) is 8.45. The summed E-state index contributed by atoms with van der Waals surface area (Å²) in [6.07, 6.45) is 6.64. The van der Waals surface area contributed by atoms with Gasteiger partial charge in [-0.15, -0.1) is 0 Å². The Bertz CT molecular complexity index is 685. The molecule has 1 aromatic rings. The van der Waals surface area contributed by atoms with Gasteiger partial charge in [-0.1, -0.05) is 0 Å². The van der Waals surface area contributed by atoms with Crippen molar-refractivity contribution in [2.75, 3.05) is 18.5 Å². The Hall–Kier alpha value is -2.20. The number of nitrogens with zero attached hydrogens (tertiary/aromatic N) is 5. The van der Waals surface area contributed by atoms with E-state index >= 15 is 0 Å². The highest BCUT2D eigenvalue weighted by Gasteiger charge is 2.53. The summed E-state index contributed by atoms with van der Waals surface area (Å²) in [5.74, 6) is 0.742. The fourth-order valence-electron chi connectivity index (χ4n) is 4.76. The van der Waals surface area contributed by atoms with Gasteiger partial charge in [-0.05, 0) is 32.6 Å². The Morgan fingerprint density at radius 1 is 1.29 bits per heavy atom. The standard InChI is InChI=1S/C17H21N5O2/c1-11-16(23)21(2)10-17(24-11)7-12-3-4-13(8-17)22(12)15-14(9-18)19-5-6-20-15/h5-6,11-13H,3-4,7-8,10H2,1-2H3. The molecule has 3 aliphatic heterocycles. The highest BCUT2D eigenvalue weighted by Crippen LogP contribution is 2.46. The summed E-state index contributed by atoms with van der Waals surface area (Å²) in [7, 11) is 1.85. The van der Waals surface area contributed by atoms with Crippen LogP contribution in [-0.2, 0) is 9.53 Å². The Morgan fingerprint density at radius 2 is 1.96 bits per heavy atom. The van der Waals surface area contributed by atoms with E-state index in [-0.39, 0.29) is 29.7 Å². The third kappa shape index (κ3) is 2.25. The van der Waals surface area contributed by atoms with Crippen molar-refractivity contribution in [3.63, 3.8) is 0 Å². The van der Waals surface area contributed by atoms with Crippen LogP contribution in [0.2, 0.25) is 0 Å². The van der Waals surface area contributed by atoms with Crippen molar-refractivity contribution in [2.24, 2.45) is 0 Å². The smallest absolute Gasteiger partial charge is 0.251 e. The molecule has 4 rings (SSSR count). The molecule has 3 aliphatic rings. The summed E-state index contributed by atoms with van der Waals surface area (Å²) in [6, 6.07) is 2.71. The molecule has 1 amide bonds. The third-order valence-corrected chi connectivity index (χ3v) is 5.54. The lowest BCUT2D eigenvalue weighted by molar-refractivity contribution is -0.184. The molecule has 4 heterocycles. The first kappa shape index (κ1) is 15.3. The minimum atomic E-state index is -0.388. The second-order valence-electron chi connectivity index (χ2n) is 7.18. The number of anilines is 1. The van der Waals surface area contributed by atoms with Crippen LogP contribution < -0.4 is 4.90 Å². The van der Waals surface area contributed by atoms with Crippen molar-refractivity contribution in [1.29, 1.82) is 5.26 Å². The highest BCUT2D eigenvalue weighted by molar-refractivity contribution is 5.81. The lowest BCUT2D eigenvalue weighted by Crippen LogP contribution is -2.63. The third-order valence-electron chi connectivity index (χ3n) is 5.54. The zero-order valence-electron chi connectivity index (χ0n) is 14.0. The number of morpholine rings is 1. The van der Waals surface area contributed by atoms with Crippen molar-refractivity contribution in [3.8, 4) is 6.07 Å². The fraction of sp³-hybridized carbons (Fsp3) is 0.647. The zero-order chi connectivity index (χ0) is 16.9. The second kappa shape index (κ2) is 5.42. The first-order valence-corrected chi connectivity index (χ1v) is 8.45. The molecule has 0 N–H and O–H groups in total. The molecule has 3 unspecified atom stereocenters. The highest BCUT2D eigenvalue weighted by atomic mass is 16.5. The van der Waals surface area contributed by atoms with Gasteiger partial charge in [0.05, 0.1) is 5.60 Å². The van der Waals surface area contributed by atoms with Crippen molar-refractivity contribution >= 4 is 11.7 Å². The molecule has 3 fully saturated rings. The molecule has 0 saturated carbocycles. The fourth-order valence-corrected chi connectivity index (χ4v) is 4.76. The maximum absolute atomic E-state index is 12.0. The number of piperidine rings is 1. The van der Waals surface area contributed by atoms with E-state index in [0.29, 0.717) is 18.1 Å². The summed E-state index contributed by atoms with van der Waals surface area (Å²) >= 11 is 0. The topological polar surface area (TPSA) is 82.3 Å². The van der Waals surface area contributed by atoms with E-state index in [4.69, 9.17) is 4.74 Å². The number of nitriles is 1. The number of carbonyl (C=O) groups excluding carboxylic acids is 1. The van der Waals surface area contributed by atoms with Gasteiger partial charge in [0, 0.05) is 38.1 Å². The Balaban J connectivity index is 1.63. The van der Waals surface area contributed by atoms with E-state index < -0.39 is 0 Å². The summed E-state index contributed by atoms with van der Waals surface area (Å²) in [4.78, 5) is 24.7. The number of hydrogen-bond donors (Lipinski definition) is 0. The number of aromatic nitrogens is 2. The van der Waals surface area contributed by atoms with E-state index in [0.717, 1.165) is 25.7 Å². The van der Waals surface area contributed by atoms with Crippen LogP contribution in [-0.4, -0.2) is 58.2 Å². The maximum atomic E-state index is 12.0. The zero-order valence-corrected chi connectivity index (χ0v) is 14.0. The number of rotatable bonds is 1. The molecule has 1 aromatic heterocycles. The molecule has 1 spiro atoms. The summed E-state index contributed by atoms with van der Waals surface area (Å²) in [6.45, 7) is 2.48. The number of carbonyl (C=O) groups is 1. The van der Waals surface area contributed by atoms with E-state index in [1.807, 2.05) is 14.0 Å². The summed E-state index contributed by atoms with van der Waals surface area (Å²) < 4.78 is 6.20. The van der Waals surface area contributed by atoms with E-state index in [2.05, 4.69) is 20.9 Å². The predicted molar refractivity (Wildman–Crippen MR) is 86.2 cm³/mol. The molecule has 24 heavy (non-hydrogen) atoms. The molecular weight excluding hydrogens is 306 g/mol. The molecule has 7 heteroatoms. The molecule has 0 radical (unpaired) electrons. The minimum absolute atomic E-state index is 0.0519.